The third-order valence-electron chi connectivity index (χ3n) is 2.96. The lowest BCUT2D eigenvalue weighted by molar-refractivity contribution is 0.0859. The van der Waals surface area contributed by atoms with E-state index in [1.807, 2.05) is 6.92 Å². The van der Waals surface area contributed by atoms with Crippen molar-refractivity contribution in [2.75, 3.05) is 6.54 Å². The number of ketones is 1. The molecule has 0 aliphatic heterocycles. The molecule has 104 valence electrons. The Balaban J connectivity index is 2.76. The van der Waals surface area contributed by atoms with Crippen LogP contribution < -0.4 is 0 Å². The van der Waals surface area contributed by atoms with Crippen LogP contribution in [0.25, 0.3) is 0 Å². The highest BCUT2D eigenvalue weighted by Gasteiger charge is 2.22. The number of hydrogen-bond acceptors (Lipinski definition) is 2. The summed E-state index contributed by atoms with van der Waals surface area (Å²) in [6, 6.07) is 4.89. The zero-order valence-electron chi connectivity index (χ0n) is 11.1. The van der Waals surface area contributed by atoms with Crippen molar-refractivity contribution in [3.63, 3.8) is 0 Å². The molecule has 0 heterocycles. The first-order valence-electron chi connectivity index (χ1n) is 6.24. The monoisotopic (exact) mass is 267 g/mol. The molecule has 0 aliphatic carbocycles. The lowest BCUT2D eigenvalue weighted by Gasteiger charge is -2.25. The van der Waals surface area contributed by atoms with E-state index in [4.69, 9.17) is 5.11 Å². The normalized spacial score (nSPS) is 11.9. The van der Waals surface area contributed by atoms with Crippen molar-refractivity contribution in [2.45, 2.75) is 32.7 Å². The largest absolute Gasteiger partial charge is 0.465 e. The molecule has 1 unspecified atom stereocenters. The van der Waals surface area contributed by atoms with E-state index >= 15 is 0 Å². The van der Waals surface area contributed by atoms with E-state index in [2.05, 4.69) is 0 Å². The Morgan fingerprint density at radius 3 is 2.37 bits per heavy atom. The molecule has 0 radical (unpaired) electrons. The van der Waals surface area contributed by atoms with Crippen LogP contribution in [-0.2, 0) is 0 Å². The van der Waals surface area contributed by atoms with Gasteiger partial charge >= 0.3 is 6.09 Å². The molecule has 0 bridgehead atoms. The third kappa shape index (κ3) is 4.35. The summed E-state index contributed by atoms with van der Waals surface area (Å²) in [7, 11) is 0. The molecule has 1 N–H and O–H groups in total. The minimum Gasteiger partial charge on any atom is -0.465 e. The highest BCUT2D eigenvalue weighted by atomic mass is 19.1. The number of rotatable bonds is 6. The Hall–Kier alpha value is -1.91. The summed E-state index contributed by atoms with van der Waals surface area (Å²) in [6.07, 6.45) is 0.426. The summed E-state index contributed by atoms with van der Waals surface area (Å²) in [6.45, 7) is 3.52. The topological polar surface area (TPSA) is 57.6 Å². The zero-order valence-corrected chi connectivity index (χ0v) is 11.1. The number of benzene rings is 1. The number of carbonyl (C=O) groups is 2. The van der Waals surface area contributed by atoms with E-state index in [-0.39, 0.29) is 18.4 Å². The molecular formula is C14H18FNO3. The number of nitrogens with zero attached hydrogens (tertiary/aromatic N) is 1. The molecule has 1 aromatic carbocycles. The molecule has 0 saturated heterocycles. The number of hydrogen-bond donors (Lipinski definition) is 1. The van der Waals surface area contributed by atoms with Crippen LogP contribution in [0.3, 0.4) is 0 Å². The van der Waals surface area contributed by atoms with Crippen molar-refractivity contribution >= 4 is 11.9 Å². The first kappa shape index (κ1) is 15.1. The fraction of sp³-hybridized carbons (Fsp3) is 0.429. The Bertz CT molecular complexity index is 445. The van der Waals surface area contributed by atoms with Gasteiger partial charge in [-0.05, 0) is 37.6 Å². The standard InChI is InChI=1S/C14H18FNO3/c1-3-4-10(2)16(14(18)19)9-13(17)11-5-7-12(15)8-6-11/h5-8,10H,3-4,9H2,1-2H3,(H,18,19). The van der Waals surface area contributed by atoms with Crippen LogP contribution >= 0.6 is 0 Å². The third-order valence-corrected chi connectivity index (χ3v) is 2.96. The van der Waals surface area contributed by atoms with Crippen LogP contribution in [0, 0.1) is 5.82 Å². The second kappa shape index (κ2) is 6.87. The first-order valence-corrected chi connectivity index (χ1v) is 6.24. The summed E-state index contributed by atoms with van der Waals surface area (Å²) in [4.78, 5) is 24.2. The maximum absolute atomic E-state index is 12.8. The highest BCUT2D eigenvalue weighted by Crippen LogP contribution is 2.10. The average molecular weight is 267 g/mol. The molecule has 0 spiro atoms. The molecule has 5 heteroatoms. The molecule has 1 atom stereocenters. The van der Waals surface area contributed by atoms with Gasteiger partial charge in [0.15, 0.2) is 5.78 Å². The molecule has 19 heavy (non-hydrogen) atoms. The van der Waals surface area contributed by atoms with Crippen molar-refractivity contribution in [1.82, 2.24) is 4.90 Å². The molecule has 0 aliphatic rings. The van der Waals surface area contributed by atoms with E-state index in [0.29, 0.717) is 12.0 Å². The van der Waals surface area contributed by atoms with Crippen molar-refractivity contribution in [3.05, 3.63) is 35.6 Å². The van der Waals surface area contributed by atoms with Crippen molar-refractivity contribution in [2.24, 2.45) is 0 Å². The van der Waals surface area contributed by atoms with Gasteiger partial charge in [-0.25, -0.2) is 9.18 Å². The summed E-state index contributed by atoms with van der Waals surface area (Å²) < 4.78 is 12.8. The number of amides is 1. The lowest BCUT2D eigenvalue weighted by atomic mass is 10.1. The van der Waals surface area contributed by atoms with Crippen LogP contribution in [0.5, 0.6) is 0 Å². The van der Waals surface area contributed by atoms with E-state index in [1.165, 1.54) is 24.3 Å². The second-order valence-electron chi connectivity index (χ2n) is 4.48. The quantitative estimate of drug-likeness (QED) is 0.805. The summed E-state index contributed by atoms with van der Waals surface area (Å²) in [5.74, 6) is -0.753. The maximum atomic E-state index is 12.8. The second-order valence-corrected chi connectivity index (χ2v) is 4.48. The van der Waals surface area contributed by atoms with Gasteiger partial charge < -0.3 is 5.11 Å². The van der Waals surface area contributed by atoms with Crippen LogP contribution in [0.1, 0.15) is 37.0 Å². The van der Waals surface area contributed by atoms with Gasteiger partial charge in [-0.3, -0.25) is 9.69 Å². The molecule has 0 fully saturated rings. The van der Waals surface area contributed by atoms with Crippen LogP contribution in [-0.4, -0.2) is 34.5 Å². The van der Waals surface area contributed by atoms with Gasteiger partial charge in [-0.1, -0.05) is 13.3 Å². The number of Topliss-reactive ketones (excluding diaryl/α,β-unsaturated/α-hetero) is 1. The van der Waals surface area contributed by atoms with Crippen LogP contribution in [0.15, 0.2) is 24.3 Å². The average Bonchev–Trinajstić information content (AvgIpc) is 2.36. The van der Waals surface area contributed by atoms with Crippen molar-refractivity contribution < 1.29 is 19.1 Å². The predicted octanol–water partition coefficient (Wildman–Crippen LogP) is 3.18. The maximum Gasteiger partial charge on any atom is 0.407 e. The SMILES string of the molecule is CCCC(C)N(CC(=O)c1ccc(F)cc1)C(=O)O. The van der Waals surface area contributed by atoms with E-state index < -0.39 is 11.9 Å². The van der Waals surface area contributed by atoms with Crippen LogP contribution in [0.4, 0.5) is 9.18 Å². The molecule has 1 aromatic rings. The highest BCUT2D eigenvalue weighted by molar-refractivity contribution is 5.98. The van der Waals surface area contributed by atoms with Gasteiger partial charge in [0.2, 0.25) is 0 Å². The summed E-state index contributed by atoms with van der Waals surface area (Å²) in [5, 5.41) is 9.12. The zero-order chi connectivity index (χ0) is 14.4. The molecule has 1 amide bonds. The number of carbonyl (C=O) groups excluding carboxylic acids is 1. The lowest BCUT2D eigenvalue weighted by Crippen LogP contribution is -2.41. The van der Waals surface area contributed by atoms with E-state index in [9.17, 15) is 14.0 Å². The van der Waals surface area contributed by atoms with Gasteiger partial charge in [-0.15, -0.1) is 0 Å². The van der Waals surface area contributed by atoms with Crippen LogP contribution in [0.2, 0.25) is 0 Å². The van der Waals surface area contributed by atoms with Gasteiger partial charge in [0.25, 0.3) is 0 Å². The van der Waals surface area contributed by atoms with Crippen molar-refractivity contribution in [1.29, 1.82) is 0 Å². The fourth-order valence-corrected chi connectivity index (χ4v) is 1.87. The fourth-order valence-electron chi connectivity index (χ4n) is 1.87. The van der Waals surface area contributed by atoms with E-state index in [1.54, 1.807) is 6.92 Å². The van der Waals surface area contributed by atoms with Gasteiger partial charge in [-0.2, -0.15) is 0 Å². The number of carboxylic acid groups (broad SMARTS) is 1. The Morgan fingerprint density at radius 1 is 1.32 bits per heavy atom. The molecule has 0 aromatic heterocycles. The number of halogens is 1. The Labute approximate surface area is 111 Å². The van der Waals surface area contributed by atoms with Gasteiger partial charge in [0.05, 0.1) is 6.54 Å². The van der Waals surface area contributed by atoms with Crippen molar-refractivity contribution in [3.8, 4) is 0 Å². The Morgan fingerprint density at radius 2 is 1.89 bits per heavy atom. The molecule has 1 rings (SSSR count). The van der Waals surface area contributed by atoms with E-state index in [0.717, 1.165) is 11.3 Å². The first-order chi connectivity index (χ1) is 8.95. The smallest absolute Gasteiger partial charge is 0.407 e. The van der Waals surface area contributed by atoms with Gasteiger partial charge in [0.1, 0.15) is 5.82 Å². The Kier molecular flexibility index (Phi) is 5.48. The van der Waals surface area contributed by atoms with Gasteiger partial charge in [0, 0.05) is 11.6 Å². The summed E-state index contributed by atoms with van der Waals surface area (Å²) >= 11 is 0. The molecular weight excluding hydrogens is 249 g/mol. The summed E-state index contributed by atoms with van der Waals surface area (Å²) in [5.41, 5.74) is 0.316. The minimum atomic E-state index is -1.11. The molecule has 4 nitrogen and oxygen atoms in total. The molecule has 0 saturated carbocycles. The predicted molar refractivity (Wildman–Crippen MR) is 69.8 cm³/mol. The minimum absolute atomic E-state index is 0.206.